The molecule has 0 saturated carbocycles. The van der Waals surface area contributed by atoms with E-state index >= 15 is 0 Å². The van der Waals surface area contributed by atoms with Crippen LogP contribution in [-0.2, 0) is 0 Å². The fraction of sp³-hybridized carbons (Fsp3) is 0.0833. The molecule has 0 atom stereocenters. The van der Waals surface area contributed by atoms with E-state index in [4.69, 9.17) is 38.0 Å². The zero-order chi connectivity index (χ0) is 24.1. The maximum atomic E-state index is 12.3. The molecule has 0 unspecified atom stereocenters. The Labute approximate surface area is 205 Å². The lowest BCUT2D eigenvalue weighted by Gasteiger charge is -2.12. The smallest absolute Gasteiger partial charge is 0.257 e. The Morgan fingerprint density at radius 1 is 0.971 bits per heavy atom. The van der Waals surface area contributed by atoms with Crippen molar-refractivity contribution in [3.8, 4) is 23.1 Å². The Hall–Kier alpha value is -3.95. The van der Waals surface area contributed by atoms with Crippen molar-refractivity contribution in [1.82, 2.24) is 15.3 Å². The Balaban J connectivity index is 1.44. The van der Waals surface area contributed by atoms with Gasteiger partial charge in [-0.25, -0.2) is 9.97 Å². The van der Waals surface area contributed by atoms with Gasteiger partial charge in [-0.15, -0.1) is 0 Å². The number of halogens is 1. The first kappa shape index (κ1) is 23.2. The number of hydrogen-bond donors (Lipinski definition) is 2. The lowest BCUT2D eigenvalue weighted by molar-refractivity contribution is 0.0977. The van der Waals surface area contributed by atoms with Gasteiger partial charge in [0.1, 0.15) is 12.1 Å². The van der Waals surface area contributed by atoms with Crippen LogP contribution in [0.25, 0.3) is 10.9 Å². The Morgan fingerprint density at radius 2 is 1.71 bits per heavy atom. The van der Waals surface area contributed by atoms with Crippen molar-refractivity contribution in [3.05, 3.63) is 77.6 Å². The van der Waals surface area contributed by atoms with Gasteiger partial charge in [0.25, 0.3) is 5.91 Å². The molecule has 0 aliphatic rings. The molecule has 10 heteroatoms. The fourth-order valence-corrected chi connectivity index (χ4v) is 3.53. The quantitative estimate of drug-likeness (QED) is 0.352. The summed E-state index contributed by atoms with van der Waals surface area (Å²) in [5.74, 6) is 1.67. The van der Waals surface area contributed by atoms with Crippen LogP contribution in [0, 0.1) is 0 Å². The second-order valence-corrected chi connectivity index (χ2v) is 7.79. The van der Waals surface area contributed by atoms with Crippen molar-refractivity contribution in [1.29, 1.82) is 0 Å². The van der Waals surface area contributed by atoms with Crippen molar-refractivity contribution < 1.29 is 19.0 Å². The number of ether oxygens (including phenoxy) is 3. The molecule has 1 heterocycles. The van der Waals surface area contributed by atoms with Gasteiger partial charge in [-0.05, 0) is 60.7 Å². The molecule has 0 spiro atoms. The van der Waals surface area contributed by atoms with E-state index in [0.717, 1.165) is 0 Å². The third-order valence-electron chi connectivity index (χ3n) is 4.74. The lowest BCUT2D eigenvalue weighted by atomic mass is 10.2. The molecule has 0 radical (unpaired) electrons. The van der Waals surface area contributed by atoms with E-state index in [1.54, 1.807) is 74.9 Å². The molecule has 4 aromatic rings. The third-order valence-corrected chi connectivity index (χ3v) is 5.18. The molecular weight excluding hydrogens is 476 g/mol. The molecule has 172 valence electrons. The largest absolute Gasteiger partial charge is 0.493 e. The molecule has 4 rings (SSSR count). The molecule has 0 aliphatic heterocycles. The van der Waals surface area contributed by atoms with E-state index in [1.807, 2.05) is 0 Å². The molecule has 0 bridgehead atoms. The van der Waals surface area contributed by atoms with E-state index in [9.17, 15) is 4.79 Å². The summed E-state index contributed by atoms with van der Waals surface area (Å²) in [6.45, 7) is 0. The number of hydrogen-bond acceptors (Lipinski definition) is 7. The number of nitrogens with one attached hydrogen (secondary N) is 2. The second kappa shape index (κ2) is 10.3. The summed E-state index contributed by atoms with van der Waals surface area (Å²) >= 11 is 11.2. The van der Waals surface area contributed by atoms with Crippen molar-refractivity contribution in [2.75, 3.05) is 19.5 Å². The van der Waals surface area contributed by atoms with Crippen molar-refractivity contribution in [2.24, 2.45) is 0 Å². The minimum atomic E-state index is -0.359. The van der Waals surface area contributed by atoms with E-state index in [1.165, 1.54) is 6.33 Å². The second-order valence-electron chi connectivity index (χ2n) is 6.95. The highest BCUT2D eigenvalue weighted by Gasteiger charge is 2.13. The van der Waals surface area contributed by atoms with Gasteiger partial charge in [0, 0.05) is 22.3 Å². The summed E-state index contributed by atoms with van der Waals surface area (Å²) < 4.78 is 16.7. The number of benzene rings is 3. The van der Waals surface area contributed by atoms with Gasteiger partial charge in [0.15, 0.2) is 16.6 Å². The SMILES string of the molecule is COc1cc2ncnc(Oc3ccc(NC(=S)NC(=O)c4cccc(Cl)c4)cc3)c2cc1OC. The summed E-state index contributed by atoms with van der Waals surface area (Å²) in [4.78, 5) is 20.8. The number of methoxy groups -OCH3 is 2. The molecule has 8 nitrogen and oxygen atoms in total. The highest BCUT2D eigenvalue weighted by Crippen LogP contribution is 2.35. The van der Waals surface area contributed by atoms with Gasteiger partial charge < -0.3 is 19.5 Å². The number of rotatable bonds is 6. The summed E-state index contributed by atoms with van der Waals surface area (Å²) in [6, 6.07) is 17.1. The normalized spacial score (nSPS) is 10.4. The van der Waals surface area contributed by atoms with Crippen LogP contribution in [0.5, 0.6) is 23.1 Å². The molecule has 34 heavy (non-hydrogen) atoms. The van der Waals surface area contributed by atoms with E-state index in [-0.39, 0.29) is 11.0 Å². The minimum Gasteiger partial charge on any atom is -0.493 e. The highest BCUT2D eigenvalue weighted by molar-refractivity contribution is 7.80. The molecule has 0 fully saturated rings. The number of carbonyl (C=O) groups excluding carboxylic acids is 1. The standard InChI is InChI=1S/C24H19ClN4O4S/c1-31-20-11-18-19(12-21(20)32-2)26-13-27-23(18)33-17-8-6-16(7-9-17)28-24(34)29-22(30)14-4-3-5-15(25)10-14/h3-13H,1-2H3,(H2,28,29,30,34). The van der Waals surface area contributed by atoms with Crippen LogP contribution in [-0.4, -0.2) is 35.2 Å². The maximum Gasteiger partial charge on any atom is 0.257 e. The van der Waals surface area contributed by atoms with Crippen molar-refractivity contribution in [3.63, 3.8) is 0 Å². The number of amides is 1. The predicted molar refractivity (Wildman–Crippen MR) is 134 cm³/mol. The zero-order valence-corrected chi connectivity index (χ0v) is 19.7. The van der Waals surface area contributed by atoms with Gasteiger partial charge in [0.2, 0.25) is 5.88 Å². The Bertz CT molecular complexity index is 1370. The van der Waals surface area contributed by atoms with E-state index in [2.05, 4.69) is 20.6 Å². The molecule has 0 aliphatic carbocycles. The summed E-state index contributed by atoms with van der Waals surface area (Å²) in [6.07, 6.45) is 1.42. The average Bonchev–Trinajstić information content (AvgIpc) is 2.84. The van der Waals surface area contributed by atoms with Crippen LogP contribution < -0.4 is 24.8 Å². The average molecular weight is 495 g/mol. The van der Waals surface area contributed by atoms with Crippen LogP contribution in [0.1, 0.15) is 10.4 Å². The van der Waals surface area contributed by atoms with Crippen LogP contribution >= 0.6 is 23.8 Å². The van der Waals surface area contributed by atoms with Gasteiger partial charge in [-0.1, -0.05) is 17.7 Å². The number of carbonyl (C=O) groups is 1. The minimum absolute atomic E-state index is 0.154. The third kappa shape index (κ3) is 5.33. The van der Waals surface area contributed by atoms with Gasteiger partial charge in [0.05, 0.1) is 25.1 Å². The summed E-state index contributed by atoms with van der Waals surface area (Å²) in [5, 5.41) is 6.88. The molecule has 3 aromatic carbocycles. The predicted octanol–water partition coefficient (Wildman–Crippen LogP) is 5.22. The van der Waals surface area contributed by atoms with Crippen LogP contribution in [0.3, 0.4) is 0 Å². The number of aromatic nitrogens is 2. The first-order valence-corrected chi connectivity index (χ1v) is 10.8. The monoisotopic (exact) mass is 494 g/mol. The van der Waals surface area contributed by atoms with Gasteiger partial charge in [-0.3, -0.25) is 10.1 Å². The number of anilines is 1. The highest BCUT2D eigenvalue weighted by atomic mass is 35.5. The number of fused-ring (bicyclic) bond motifs is 1. The molecule has 0 saturated heterocycles. The van der Waals surface area contributed by atoms with Crippen LogP contribution in [0.15, 0.2) is 67.0 Å². The summed E-state index contributed by atoms with van der Waals surface area (Å²) in [5.41, 5.74) is 1.73. The topological polar surface area (TPSA) is 94.6 Å². The van der Waals surface area contributed by atoms with Crippen LogP contribution in [0.2, 0.25) is 5.02 Å². The zero-order valence-electron chi connectivity index (χ0n) is 18.2. The summed E-state index contributed by atoms with van der Waals surface area (Å²) in [7, 11) is 3.12. The molecule has 1 amide bonds. The maximum absolute atomic E-state index is 12.3. The van der Waals surface area contributed by atoms with E-state index in [0.29, 0.717) is 50.3 Å². The van der Waals surface area contributed by atoms with Gasteiger partial charge >= 0.3 is 0 Å². The Morgan fingerprint density at radius 3 is 2.41 bits per heavy atom. The lowest BCUT2D eigenvalue weighted by Crippen LogP contribution is -2.34. The molecule has 1 aromatic heterocycles. The number of nitrogens with zero attached hydrogens (tertiary/aromatic N) is 2. The molecule has 2 N–H and O–H groups in total. The first-order chi connectivity index (χ1) is 16.5. The molecular formula is C24H19ClN4O4S. The van der Waals surface area contributed by atoms with E-state index < -0.39 is 0 Å². The first-order valence-electron chi connectivity index (χ1n) is 9.99. The number of thiocarbonyl (C=S) groups is 1. The Kier molecular flexibility index (Phi) is 7.05. The van der Waals surface area contributed by atoms with Gasteiger partial charge in [-0.2, -0.15) is 0 Å². The van der Waals surface area contributed by atoms with Crippen molar-refractivity contribution >= 4 is 51.4 Å². The van der Waals surface area contributed by atoms with Crippen LogP contribution in [0.4, 0.5) is 5.69 Å². The van der Waals surface area contributed by atoms with Crippen molar-refractivity contribution in [2.45, 2.75) is 0 Å². The fourth-order valence-electron chi connectivity index (χ4n) is 3.13.